The number of hydrogen-bond donors (Lipinski definition) is 0. The third kappa shape index (κ3) is 39.5. The van der Waals surface area contributed by atoms with E-state index in [9.17, 15) is 0 Å². The highest BCUT2D eigenvalue weighted by Crippen LogP contribution is 1.43. The topological polar surface area (TPSA) is 0 Å². The van der Waals surface area contributed by atoms with Crippen LogP contribution in [0.3, 0.4) is 0 Å². The van der Waals surface area contributed by atoms with Crippen molar-refractivity contribution in [3.8, 4) is 0 Å². The van der Waals surface area contributed by atoms with Gasteiger partial charge >= 0.3 is 0 Å². The quantitative estimate of drug-likeness (QED) is 0.334. The van der Waals surface area contributed by atoms with E-state index in [4.69, 9.17) is 22.4 Å². The maximum Gasteiger partial charge on any atom is 0 e. The lowest BCUT2D eigenvalue weighted by Gasteiger charge is -1.41. The number of hydrogen-bond acceptors (Lipinski definition) is 2. The average Bonchev–Trinajstić information content (AvgIpc) is 2.85. The van der Waals surface area contributed by atoms with E-state index in [-0.39, 0.29) is 0 Å². The first-order chi connectivity index (χ1) is 16.9. The summed E-state index contributed by atoms with van der Waals surface area (Å²) in [5.41, 5.74) is 0. The van der Waals surface area contributed by atoms with Crippen molar-refractivity contribution in [3.63, 3.8) is 0 Å². The van der Waals surface area contributed by atoms with Crippen LogP contribution in [-0.4, -0.2) is 0 Å². The molecule has 0 saturated carbocycles. The zero-order valence-corrected chi connectivity index (χ0v) is 41.6. The fourth-order valence-electron chi connectivity index (χ4n) is 0.340. The van der Waals surface area contributed by atoms with E-state index in [1.54, 1.807) is 107 Å². The minimum atomic E-state index is 1.37. The summed E-state index contributed by atoms with van der Waals surface area (Å²) < 4.78 is 0. The molecule has 0 nitrogen and oxygen atoms in total. The second kappa shape index (κ2) is 40.5. The summed E-state index contributed by atoms with van der Waals surface area (Å²) in [5.74, 6) is 0. The van der Waals surface area contributed by atoms with Crippen LogP contribution in [0, 0.1) is 0 Å². The van der Waals surface area contributed by atoms with Gasteiger partial charge in [0.15, 0.2) is 0 Å². The summed E-state index contributed by atoms with van der Waals surface area (Å²) in [5, 5.41) is 0. The van der Waals surface area contributed by atoms with Gasteiger partial charge < -0.3 is 0 Å². The largest absolute Gasteiger partial charge is 0 e. The molecular formula is S34. The van der Waals surface area contributed by atoms with Gasteiger partial charge in [-0.2, -0.15) is 0 Å². The van der Waals surface area contributed by atoms with Crippen LogP contribution in [0.2, 0.25) is 0 Å². The SMILES string of the molecule is S=S=S=S=S=S=S=S=S=S=S=S=S=S=S=S=S=S=S=S=S=S=S=S=S=S=S=S=S=S=S=S=S=S. The molecule has 0 heterocycles. The van der Waals surface area contributed by atoms with Gasteiger partial charge in [0.1, 0.15) is 0 Å². The molecule has 0 aliphatic rings. The van der Waals surface area contributed by atoms with Gasteiger partial charge in [0.25, 0.3) is 0 Å². The molecule has 0 aromatic carbocycles. The van der Waals surface area contributed by atoms with Gasteiger partial charge in [-0.1, -0.05) is 0 Å². The zero-order valence-electron chi connectivity index (χ0n) is 13.9. The number of rotatable bonds is 0. The van der Waals surface area contributed by atoms with E-state index in [1.165, 1.54) is 17.8 Å². The molecule has 0 fully saturated rings. The molecule has 0 aliphatic heterocycles. The zero-order chi connectivity index (χ0) is 24.6. The molecule has 0 radical (unpaired) electrons. The molecule has 34 heteroatoms. The summed E-state index contributed by atoms with van der Waals surface area (Å²) in [6.45, 7) is 0. The van der Waals surface area contributed by atoms with Gasteiger partial charge in [-0.15, -0.1) is 0 Å². The van der Waals surface area contributed by atoms with Gasteiger partial charge in [-0.3, -0.25) is 0 Å². The first-order valence-corrected chi connectivity index (χ1v) is 49.5. The minimum absolute atomic E-state index is 1.37. The Morgan fingerprint density at radius 1 is 0.147 bits per heavy atom. The predicted molar refractivity (Wildman–Crippen MR) is 250 cm³/mol. The van der Waals surface area contributed by atoms with Gasteiger partial charge in [0, 0.05) is 307 Å². The highest BCUT2D eigenvalue weighted by Gasteiger charge is 1.44. The third-order valence-electron chi connectivity index (χ3n) is 0.861. The summed E-state index contributed by atoms with van der Waals surface area (Å²) in [7, 11) is 56.4. The molecule has 0 aliphatic carbocycles. The fraction of sp³-hybridized carbons (Fsp3) is 0. The van der Waals surface area contributed by atoms with Crippen molar-refractivity contribution in [2.24, 2.45) is 0 Å². The van der Waals surface area contributed by atoms with Gasteiger partial charge in [0.05, 0.1) is 0 Å². The van der Waals surface area contributed by atoms with E-state index in [0.717, 1.165) is 0 Å². The summed E-state index contributed by atoms with van der Waals surface area (Å²) in [6.07, 6.45) is 0. The van der Waals surface area contributed by atoms with Crippen LogP contribution in [0.15, 0.2) is 0 Å². The summed E-state index contributed by atoms with van der Waals surface area (Å²) in [6, 6.07) is 0. The van der Waals surface area contributed by atoms with Gasteiger partial charge in [0.2, 0.25) is 0 Å². The molecule has 0 aromatic rings. The second-order valence-electron chi connectivity index (χ2n) is 2.18. The van der Waals surface area contributed by atoms with Crippen LogP contribution in [0.1, 0.15) is 0 Å². The Hall–Kier alpha value is 7.48. The lowest BCUT2D eigenvalue weighted by Crippen LogP contribution is -1.41. The Kier molecular flexibility index (Phi) is 49.4. The highest BCUT2D eigenvalue weighted by molar-refractivity contribution is 8.80. The molecule has 0 saturated heterocycles. The lowest BCUT2D eigenvalue weighted by molar-refractivity contribution is 5.96. The minimum Gasteiger partial charge on any atom is 0 e. The molecule has 0 unspecified atom stereocenters. The van der Waals surface area contributed by atoms with Crippen LogP contribution >= 0.6 is 0 Å². The smallest absolute Gasteiger partial charge is 0 e. The highest BCUT2D eigenvalue weighted by atomic mass is 33.5. The summed E-state index contributed by atoms with van der Waals surface area (Å²) >= 11 is 9.59. The van der Waals surface area contributed by atoms with Crippen molar-refractivity contribution in [2.45, 2.75) is 0 Å². The van der Waals surface area contributed by atoms with Crippen molar-refractivity contribution in [3.05, 3.63) is 0 Å². The summed E-state index contributed by atoms with van der Waals surface area (Å²) in [4.78, 5) is 0. The van der Waals surface area contributed by atoms with Gasteiger partial charge in [-0.25, -0.2) is 0 Å². The van der Waals surface area contributed by atoms with Crippen molar-refractivity contribution < 1.29 is 0 Å². The predicted octanol–water partition coefficient (Wildman–Crippen LogP) is -0.0816. The van der Waals surface area contributed by atoms with Crippen molar-refractivity contribution in [2.75, 3.05) is 0 Å². The Balaban J connectivity index is 5.98. The molecule has 204 valence electrons. The van der Waals surface area contributed by atoms with Crippen LogP contribution < -0.4 is 0 Å². The van der Waals surface area contributed by atoms with Crippen LogP contribution in [-0.2, 0) is 307 Å². The van der Waals surface area contributed by atoms with Crippen molar-refractivity contribution >= 4 is 307 Å². The Bertz CT molecular complexity index is 1940. The second-order valence-corrected chi connectivity index (χ2v) is 58.8. The molecule has 0 rings (SSSR count). The average molecular weight is 1090 g/mol. The first kappa shape index (κ1) is 41.5. The monoisotopic (exact) mass is 1090 g/mol. The Morgan fingerprint density at radius 3 is 0.324 bits per heavy atom. The maximum atomic E-state index is 4.79. The van der Waals surface area contributed by atoms with Crippen LogP contribution in [0.5, 0.6) is 0 Å². The molecule has 0 N–H and O–H groups in total. The fourth-order valence-corrected chi connectivity index (χ4v) is 82.7. The molecule has 0 bridgehead atoms. The first-order valence-electron chi connectivity index (χ1n) is 5.50. The van der Waals surface area contributed by atoms with E-state index < -0.39 is 0 Å². The molecule has 34 heavy (non-hydrogen) atoms. The molecule has 0 amide bonds. The van der Waals surface area contributed by atoms with Crippen molar-refractivity contribution in [1.29, 1.82) is 0 Å². The molecule has 0 atom stereocenters. The van der Waals surface area contributed by atoms with Crippen LogP contribution in [0.25, 0.3) is 0 Å². The van der Waals surface area contributed by atoms with Crippen LogP contribution in [0.4, 0.5) is 0 Å². The van der Waals surface area contributed by atoms with E-state index >= 15 is 0 Å². The normalized spacial score (nSPS) is 7.65. The molecular weight excluding hydrogens is 1090 g/mol. The molecule has 0 spiro atoms. The molecule has 0 aromatic heterocycles. The van der Waals surface area contributed by atoms with Crippen molar-refractivity contribution in [1.82, 2.24) is 0 Å². The van der Waals surface area contributed by atoms with E-state index in [0.29, 0.717) is 0 Å². The lowest BCUT2D eigenvalue weighted by atomic mass is 30.7. The Labute approximate surface area is 298 Å². The maximum absolute atomic E-state index is 4.79. The van der Waals surface area contributed by atoms with E-state index in [1.807, 2.05) is 160 Å². The standard InChI is InChI=1S/S34/c1-3-5-7-9-11-13-15-17-19-21-23-25-27-29-31-33-34-32-30-28-26-24-22-20-18-16-14-12-10-8-6-4-2. The van der Waals surface area contributed by atoms with E-state index in [2.05, 4.69) is 0 Å². The van der Waals surface area contributed by atoms with Gasteiger partial charge in [-0.05, 0) is 0 Å². The Morgan fingerprint density at radius 2 is 0.235 bits per heavy atom. The third-order valence-corrected chi connectivity index (χ3v) is 69.7.